The number of halogens is 3. The van der Waals surface area contributed by atoms with E-state index in [1.807, 2.05) is 4.72 Å². The molecule has 0 aromatic heterocycles. The fraction of sp³-hybridized carbons (Fsp3) is 0.462. The van der Waals surface area contributed by atoms with Gasteiger partial charge in [0.2, 0.25) is 15.9 Å². The van der Waals surface area contributed by atoms with Gasteiger partial charge in [0.05, 0.1) is 17.0 Å². The molecule has 0 saturated carbocycles. The maximum absolute atomic E-state index is 12.9. The second-order valence-electron chi connectivity index (χ2n) is 4.91. The van der Waals surface area contributed by atoms with Gasteiger partial charge in [0.15, 0.2) is 0 Å². The lowest BCUT2D eigenvalue weighted by atomic mass is 10.2. The molecule has 0 atom stereocenters. The van der Waals surface area contributed by atoms with Crippen LogP contribution in [0, 0.1) is 0 Å². The first kappa shape index (κ1) is 16.8. The SMILES string of the molecule is O=C(CNS(=O)(=O)c1ccccc1C(F)(F)F)N1CCCC1. The summed E-state index contributed by atoms with van der Waals surface area (Å²) in [5, 5.41) is 0. The molecule has 9 heteroatoms. The Morgan fingerprint density at radius 3 is 2.36 bits per heavy atom. The molecule has 2 rings (SSSR count). The van der Waals surface area contributed by atoms with Gasteiger partial charge in [0.25, 0.3) is 0 Å². The zero-order valence-electron chi connectivity index (χ0n) is 11.6. The number of carbonyl (C=O) groups is 1. The van der Waals surface area contributed by atoms with E-state index in [2.05, 4.69) is 0 Å². The Morgan fingerprint density at radius 1 is 1.18 bits per heavy atom. The topological polar surface area (TPSA) is 66.5 Å². The third-order valence-electron chi connectivity index (χ3n) is 3.35. The second kappa shape index (κ2) is 6.25. The van der Waals surface area contributed by atoms with Gasteiger partial charge in [-0.25, -0.2) is 13.1 Å². The lowest BCUT2D eigenvalue weighted by Gasteiger charge is -2.17. The summed E-state index contributed by atoms with van der Waals surface area (Å²) >= 11 is 0. The quantitative estimate of drug-likeness (QED) is 0.908. The summed E-state index contributed by atoms with van der Waals surface area (Å²) < 4.78 is 64.6. The highest BCUT2D eigenvalue weighted by molar-refractivity contribution is 7.89. The first-order chi connectivity index (χ1) is 10.2. The molecule has 1 saturated heterocycles. The van der Waals surface area contributed by atoms with Gasteiger partial charge in [0, 0.05) is 13.1 Å². The van der Waals surface area contributed by atoms with Gasteiger partial charge in [-0.3, -0.25) is 4.79 Å². The summed E-state index contributed by atoms with van der Waals surface area (Å²) in [6, 6.07) is 3.87. The smallest absolute Gasteiger partial charge is 0.342 e. The fourth-order valence-electron chi connectivity index (χ4n) is 2.25. The Balaban J connectivity index is 2.15. The van der Waals surface area contributed by atoms with E-state index in [4.69, 9.17) is 0 Å². The van der Waals surface area contributed by atoms with Crippen LogP contribution in [0.4, 0.5) is 13.2 Å². The van der Waals surface area contributed by atoms with Gasteiger partial charge < -0.3 is 4.90 Å². The molecule has 0 bridgehead atoms. The van der Waals surface area contributed by atoms with E-state index in [0.717, 1.165) is 25.0 Å². The molecular weight excluding hydrogens is 321 g/mol. The summed E-state index contributed by atoms with van der Waals surface area (Å²) in [6.45, 7) is 0.536. The number of nitrogens with one attached hydrogen (secondary N) is 1. The van der Waals surface area contributed by atoms with Crippen molar-refractivity contribution in [3.63, 3.8) is 0 Å². The molecule has 1 aromatic rings. The van der Waals surface area contributed by atoms with Crippen LogP contribution >= 0.6 is 0 Å². The number of nitrogens with zero attached hydrogens (tertiary/aromatic N) is 1. The number of rotatable bonds is 4. The highest BCUT2D eigenvalue weighted by atomic mass is 32.2. The van der Waals surface area contributed by atoms with Crippen LogP contribution in [-0.4, -0.2) is 38.9 Å². The summed E-state index contributed by atoms with van der Waals surface area (Å²) in [6.07, 6.45) is -3.10. The molecule has 0 aliphatic carbocycles. The van der Waals surface area contributed by atoms with Crippen LogP contribution in [-0.2, 0) is 21.0 Å². The van der Waals surface area contributed by atoms with Crippen LogP contribution in [0.3, 0.4) is 0 Å². The number of hydrogen-bond acceptors (Lipinski definition) is 3. The fourth-order valence-corrected chi connectivity index (χ4v) is 3.45. The number of benzene rings is 1. The van der Waals surface area contributed by atoms with Crippen molar-refractivity contribution in [1.82, 2.24) is 9.62 Å². The minimum Gasteiger partial charge on any atom is -0.342 e. The number of carbonyl (C=O) groups excluding carboxylic acids is 1. The predicted molar refractivity (Wildman–Crippen MR) is 72.4 cm³/mol. The molecule has 1 N–H and O–H groups in total. The number of sulfonamides is 1. The Hall–Kier alpha value is -1.61. The van der Waals surface area contributed by atoms with Crippen LogP contribution in [0.5, 0.6) is 0 Å². The van der Waals surface area contributed by atoms with E-state index in [-0.39, 0.29) is 0 Å². The van der Waals surface area contributed by atoms with Gasteiger partial charge in [-0.1, -0.05) is 12.1 Å². The summed E-state index contributed by atoms with van der Waals surface area (Å²) in [4.78, 5) is 12.4. The third-order valence-corrected chi connectivity index (χ3v) is 4.81. The largest absolute Gasteiger partial charge is 0.417 e. The van der Waals surface area contributed by atoms with Crippen molar-refractivity contribution in [2.45, 2.75) is 23.9 Å². The Labute approximate surface area is 126 Å². The van der Waals surface area contributed by atoms with Crippen LogP contribution in [0.1, 0.15) is 18.4 Å². The predicted octanol–water partition coefficient (Wildman–Crippen LogP) is 1.61. The van der Waals surface area contributed by atoms with E-state index in [9.17, 15) is 26.4 Å². The summed E-state index contributed by atoms with van der Waals surface area (Å²) in [7, 11) is -4.42. The van der Waals surface area contributed by atoms with Crippen molar-refractivity contribution in [3.8, 4) is 0 Å². The maximum Gasteiger partial charge on any atom is 0.417 e. The van der Waals surface area contributed by atoms with Gasteiger partial charge >= 0.3 is 6.18 Å². The highest BCUT2D eigenvalue weighted by Crippen LogP contribution is 2.33. The van der Waals surface area contributed by atoms with E-state index < -0.39 is 39.1 Å². The highest BCUT2D eigenvalue weighted by Gasteiger charge is 2.37. The first-order valence-electron chi connectivity index (χ1n) is 6.65. The zero-order valence-corrected chi connectivity index (χ0v) is 12.4. The molecule has 1 heterocycles. The van der Waals surface area contributed by atoms with Crippen molar-refractivity contribution in [1.29, 1.82) is 0 Å². The number of amides is 1. The van der Waals surface area contributed by atoms with Crippen LogP contribution in [0.2, 0.25) is 0 Å². The van der Waals surface area contributed by atoms with Crippen molar-refractivity contribution in [2.24, 2.45) is 0 Å². The second-order valence-corrected chi connectivity index (χ2v) is 6.64. The van der Waals surface area contributed by atoms with E-state index in [0.29, 0.717) is 19.2 Å². The van der Waals surface area contributed by atoms with Crippen molar-refractivity contribution in [2.75, 3.05) is 19.6 Å². The average Bonchev–Trinajstić information content (AvgIpc) is 2.98. The lowest BCUT2D eigenvalue weighted by molar-refractivity contribution is -0.139. The average molecular weight is 336 g/mol. The minimum absolute atomic E-state index is 0.439. The summed E-state index contributed by atoms with van der Waals surface area (Å²) in [5.74, 6) is -0.439. The molecule has 1 fully saturated rings. The molecule has 1 aromatic carbocycles. The number of alkyl halides is 3. The van der Waals surface area contributed by atoms with E-state index in [1.54, 1.807) is 0 Å². The molecule has 1 aliphatic rings. The van der Waals surface area contributed by atoms with Gasteiger partial charge in [-0.15, -0.1) is 0 Å². The van der Waals surface area contributed by atoms with Crippen LogP contribution in [0.15, 0.2) is 29.2 Å². The lowest BCUT2D eigenvalue weighted by Crippen LogP contribution is -2.39. The standard InChI is InChI=1S/C13H15F3N2O3S/c14-13(15,16)10-5-1-2-6-11(10)22(20,21)17-9-12(19)18-7-3-4-8-18/h1-2,5-6,17H,3-4,7-9H2. The van der Waals surface area contributed by atoms with Crippen molar-refractivity contribution < 1.29 is 26.4 Å². The van der Waals surface area contributed by atoms with Crippen LogP contribution < -0.4 is 4.72 Å². The van der Waals surface area contributed by atoms with E-state index >= 15 is 0 Å². The molecule has 0 spiro atoms. The monoisotopic (exact) mass is 336 g/mol. The molecule has 122 valence electrons. The van der Waals surface area contributed by atoms with Crippen molar-refractivity contribution in [3.05, 3.63) is 29.8 Å². The molecule has 1 amide bonds. The zero-order chi connectivity index (χ0) is 16.4. The minimum atomic E-state index is -4.79. The van der Waals surface area contributed by atoms with Crippen LogP contribution in [0.25, 0.3) is 0 Å². The maximum atomic E-state index is 12.9. The Bertz CT molecular complexity index is 653. The molecule has 1 aliphatic heterocycles. The van der Waals surface area contributed by atoms with Gasteiger partial charge in [0.1, 0.15) is 0 Å². The molecular formula is C13H15F3N2O3S. The summed E-state index contributed by atoms with van der Waals surface area (Å²) in [5.41, 5.74) is -1.25. The normalized spacial score (nSPS) is 16.0. The first-order valence-corrected chi connectivity index (χ1v) is 8.14. The number of hydrogen-bond donors (Lipinski definition) is 1. The van der Waals surface area contributed by atoms with Crippen molar-refractivity contribution >= 4 is 15.9 Å². The Kier molecular flexibility index (Phi) is 4.76. The van der Waals surface area contributed by atoms with Gasteiger partial charge in [-0.05, 0) is 25.0 Å². The third kappa shape index (κ3) is 3.77. The molecule has 0 unspecified atom stereocenters. The molecule has 0 radical (unpaired) electrons. The van der Waals surface area contributed by atoms with Gasteiger partial charge in [-0.2, -0.15) is 13.2 Å². The Morgan fingerprint density at radius 2 is 1.77 bits per heavy atom. The molecule has 22 heavy (non-hydrogen) atoms. The molecule has 5 nitrogen and oxygen atoms in total. The van der Waals surface area contributed by atoms with E-state index in [1.165, 1.54) is 11.0 Å². The number of likely N-dealkylation sites (tertiary alicyclic amines) is 1.